The van der Waals surface area contributed by atoms with Crippen molar-refractivity contribution in [3.05, 3.63) is 65.5 Å². The number of aliphatic hydroxyl groups excluding tert-OH is 1. The van der Waals surface area contributed by atoms with E-state index in [4.69, 9.17) is 9.84 Å². The zero-order valence-electron chi connectivity index (χ0n) is 10.5. The minimum Gasteiger partial charge on any atom is -0.490 e. The Hall–Kier alpha value is -2.40. The summed E-state index contributed by atoms with van der Waals surface area (Å²) in [7, 11) is 0. The van der Waals surface area contributed by atoms with E-state index in [0.29, 0.717) is 5.56 Å². The first-order valence-corrected chi connectivity index (χ1v) is 5.96. The summed E-state index contributed by atoms with van der Waals surface area (Å²) in [5, 5.41) is 18.9. The van der Waals surface area contributed by atoms with Gasteiger partial charge < -0.3 is 14.9 Å². The van der Waals surface area contributed by atoms with E-state index >= 15 is 0 Å². The van der Waals surface area contributed by atoms with E-state index in [1.165, 1.54) is 6.07 Å². The lowest BCUT2D eigenvalue weighted by atomic mass is 10.1. The number of aromatic carboxylic acids is 1. The van der Waals surface area contributed by atoms with Crippen LogP contribution in [0.1, 0.15) is 22.0 Å². The zero-order chi connectivity index (χ0) is 14.5. The fourth-order valence-electron chi connectivity index (χ4n) is 1.74. The van der Waals surface area contributed by atoms with Gasteiger partial charge in [-0.25, -0.2) is 9.18 Å². The van der Waals surface area contributed by atoms with E-state index in [-0.39, 0.29) is 17.9 Å². The van der Waals surface area contributed by atoms with Gasteiger partial charge in [0, 0.05) is 0 Å². The van der Waals surface area contributed by atoms with E-state index in [1.807, 2.05) is 6.07 Å². The van der Waals surface area contributed by atoms with Crippen LogP contribution >= 0.6 is 0 Å². The maximum absolute atomic E-state index is 13.0. The summed E-state index contributed by atoms with van der Waals surface area (Å²) in [6.45, 7) is -0.115. The monoisotopic (exact) mass is 276 g/mol. The molecule has 0 amide bonds. The molecule has 0 saturated heterocycles. The van der Waals surface area contributed by atoms with Gasteiger partial charge >= 0.3 is 5.97 Å². The largest absolute Gasteiger partial charge is 0.490 e. The molecule has 0 aliphatic carbocycles. The van der Waals surface area contributed by atoms with Gasteiger partial charge in [0.25, 0.3) is 0 Å². The number of carboxylic acid groups (broad SMARTS) is 1. The van der Waals surface area contributed by atoms with E-state index in [9.17, 15) is 14.3 Å². The van der Waals surface area contributed by atoms with Crippen LogP contribution in [0, 0.1) is 5.82 Å². The maximum Gasteiger partial charge on any atom is 0.339 e. The third-order valence-electron chi connectivity index (χ3n) is 2.75. The Bertz CT molecular complexity index is 598. The van der Waals surface area contributed by atoms with Gasteiger partial charge in [0.2, 0.25) is 0 Å². The standard InChI is InChI=1S/C15H13FO4/c16-11-6-7-14(12(8-11)15(18)19)20-9-13(17)10-4-2-1-3-5-10/h1-8,13,17H,9H2,(H,18,19). The van der Waals surface area contributed by atoms with Crippen LogP contribution in [0.4, 0.5) is 4.39 Å². The number of rotatable bonds is 5. The molecule has 1 atom stereocenters. The lowest BCUT2D eigenvalue weighted by Crippen LogP contribution is -2.12. The molecule has 0 radical (unpaired) electrons. The van der Waals surface area contributed by atoms with Crippen molar-refractivity contribution in [2.24, 2.45) is 0 Å². The molecule has 0 heterocycles. The average Bonchev–Trinajstić information content (AvgIpc) is 2.46. The number of hydrogen-bond donors (Lipinski definition) is 2. The summed E-state index contributed by atoms with van der Waals surface area (Å²) in [6, 6.07) is 12.1. The number of aliphatic hydroxyl groups is 1. The van der Waals surface area contributed by atoms with E-state index in [2.05, 4.69) is 0 Å². The highest BCUT2D eigenvalue weighted by Gasteiger charge is 2.14. The molecule has 0 saturated carbocycles. The number of ether oxygens (including phenoxy) is 1. The van der Waals surface area contributed by atoms with Crippen molar-refractivity contribution < 1.29 is 24.1 Å². The Kier molecular flexibility index (Phi) is 4.32. The molecule has 0 aliphatic heterocycles. The fraction of sp³-hybridized carbons (Fsp3) is 0.133. The lowest BCUT2D eigenvalue weighted by Gasteiger charge is -2.14. The Labute approximate surface area is 115 Å². The Morgan fingerprint density at radius 1 is 1.20 bits per heavy atom. The summed E-state index contributed by atoms with van der Waals surface area (Å²) in [6.07, 6.45) is -0.886. The molecule has 0 aromatic heterocycles. The molecule has 20 heavy (non-hydrogen) atoms. The zero-order valence-corrected chi connectivity index (χ0v) is 10.5. The van der Waals surface area contributed by atoms with Gasteiger partial charge in [0.15, 0.2) is 0 Å². The van der Waals surface area contributed by atoms with Gasteiger partial charge in [0.05, 0.1) is 0 Å². The first kappa shape index (κ1) is 14.0. The summed E-state index contributed by atoms with van der Waals surface area (Å²) < 4.78 is 18.3. The molecule has 2 aromatic rings. The highest BCUT2D eigenvalue weighted by Crippen LogP contribution is 2.22. The molecule has 5 heteroatoms. The number of carbonyl (C=O) groups is 1. The van der Waals surface area contributed by atoms with Crippen molar-refractivity contribution >= 4 is 5.97 Å². The molecule has 2 rings (SSSR count). The second-order valence-corrected chi connectivity index (χ2v) is 4.18. The first-order chi connectivity index (χ1) is 9.58. The predicted octanol–water partition coefficient (Wildman–Crippen LogP) is 2.64. The van der Waals surface area contributed by atoms with E-state index in [1.54, 1.807) is 24.3 Å². The van der Waals surface area contributed by atoms with Crippen molar-refractivity contribution in [2.75, 3.05) is 6.61 Å². The fourth-order valence-corrected chi connectivity index (χ4v) is 1.74. The maximum atomic E-state index is 13.0. The van der Waals surface area contributed by atoms with Gasteiger partial charge in [-0.15, -0.1) is 0 Å². The number of hydrogen-bond acceptors (Lipinski definition) is 3. The molecule has 1 unspecified atom stereocenters. The van der Waals surface area contributed by atoms with Crippen LogP contribution in [0.5, 0.6) is 5.75 Å². The lowest BCUT2D eigenvalue weighted by molar-refractivity contribution is 0.0682. The third-order valence-corrected chi connectivity index (χ3v) is 2.75. The minimum atomic E-state index is -1.28. The van der Waals surface area contributed by atoms with Gasteiger partial charge in [-0.05, 0) is 23.8 Å². The highest BCUT2D eigenvalue weighted by molar-refractivity contribution is 5.90. The van der Waals surface area contributed by atoms with Crippen LogP contribution in [0.2, 0.25) is 0 Å². The second-order valence-electron chi connectivity index (χ2n) is 4.18. The van der Waals surface area contributed by atoms with Crippen LogP contribution in [0.15, 0.2) is 48.5 Å². The van der Waals surface area contributed by atoms with Gasteiger partial charge in [-0.1, -0.05) is 30.3 Å². The van der Waals surface area contributed by atoms with Gasteiger partial charge in [-0.3, -0.25) is 0 Å². The number of benzene rings is 2. The minimum absolute atomic E-state index is 0.0221. The summed E-state index contributed by atoms with van der Waals surface area (Å²) in [4.78, 5) is 11.0. The number of carboxylic acids is 1. The topological polar surface area (TPSA) is 66.8 Å². The summed E-state index contributed by atoms with van der Waals surface area (Å²) in [5.74, 6) is -1.92. The molecule has 0 spiro atoms. The summed E-state index contributed by atoms with van der Waals surface area (Å²) >= 11 is 0. The quantitative estimate of drug-likeness (QED) is 0.881. The van der Waals surface area contributed by atoms with Crippen molar-refractivity contribution in [1.29, 1.82) is 0 Å². The molecule has 0 bridgehead atoms. The smallest absolute Gasteiger partial charge is 0.339 e. The van der Waals surface area contributed by atoms with Crippen LogP contribution in [0.3, 0.4) is 0 Å². The molecule has 4 nitrogen and oxygen atoms in total. The molecular weight excluding hydrogens is 263 g/mol. The van der Waals surface area contributed by atoms with Crippen molar-refractivity contribution in [2.45, 2.75) is 6.10 Å². The Morgan fingerprint density at radius 2 is 1.90 bits per heavy atom. The van der Waals surface area contributed by atoms with Crippen molar-refractivity contribution in [3.8, 4) is 5.75 Å². The SMILES string of the molecule is O=C(O)c1cc(F)ccc1OCC(O)c1ccccc1. The molecule has 0 aliphatic rings. The van der Waals surface area contributed by atoms with Crippen LogP contribution in [-0.4, -0.2) is 22.8 Å². The molecule has 2 aromatic carbocycles. The molecular formula is C15H13FO4. The predicted molar refractivity (Wildman–Crippen MR) is 70.3 cm³/mol. The normalized spacial score (nSPS) is 11.9. The van der Waals surface area contributed by atoms with E-state index < -0.39 is 17.9 Å². The van der Waals surface area contributed by atoms with Gasteiger partial charge in [0.1, 0.15) is 29.8 Å². The Morgan fingerprint density at radius 3 is 2.55 bits per heavy atom. The Balaban J connectivity index is 2.09. The second kappa shape index (κ2) is 6.16. The van der Waals surface area contributed by atoms with Crippen LogP contribution < -0.4 is 4.74 Å². The van der Waals surface area contributed by atoms with Crippen molar-refractivity contribution in [3.63, 3.8) is 0 Å². The van der Waals surface area contributed by atoms with Crippen LogP contribution in [-0.2, 0) is 0 Å². The molecule has 0 fully saturated rings. The van der Waals surface area contributed by atoms with Crippen molar-refractivity contribution in [1.82, 2.24) is 0 Å². The van der Waals surface area contributed by atoms with Gasteiger partial charge in [-0.2, -0.15) is 0 Å². The van der Waals surface area contributed by atoms with E-state index in [0.717, 1.165) is 12.1 Å². The number of halogens is 1. The molecule has 104 valence electrons. The average molecular weight is 276 g/mol. The third kappa shape index (κ3) is 3.33. The molecule has 2 N–H and O–H groups in total. The van der Waals surface area contributed by atoms with Crippen LogP contribution in [0.25, 0.3) is 0 Å². The first-order valence-electron chi connectivity index (χ1n) is 5.96. The highest BCUT2D eigenvalue weighted by atomic mass is 19.1. The summed E-state index contributed by atoms with van der Waals surface area (Å²) in [5.41, 5.74) is 0.386.